The highest BCUT2D eigenvalue weighted by Crippen LogP contribution is 2.33. The average Bonchev–Trinajstić information content (AvgIpc) is 2.99. The maximum absolute atomic E-state index is 11.2. The van der Waals surface area contributed by atoms with Gasteiger partial charge in [-0.1, -0.05) is 24.3 Å². The normalized spacial score (nSPS) is 10.6. The van der Waals surface area contributed by atoms with Crippen LogP contribution >= 0.6 is 0 Å². The lowest BCUT2D eigenvalue weighted by molar-refractivity contribution is -0.118. The first kappa shape index (κ1) is 16.8. The van der Waals surface area contributed by atoms with Gasteiger partial charge in [0.05, 0.1) is 7.11 Å². The Kier molecular flexibility index (Phi) is 4.84. The van der Waals surface area contributed by atoms with Crippen molar-refractivity contribution in [3.63, 3.8) is 0 Å². The molecule has 0 bridgehead atoms. The van der Waals surface area contributed by atoms with Gasteiger partial charge in [0.25, 0.3) is 0 Å². The molecule has 5 nitrogen and oxygen atoms in total. The predicted octanol–water partition coefficient (Wildman–Crippen LogP) is 3.33. The Labute approximate surface area is 146 Å². The summed E-state index contributed by atoms with van der Waals surface area (Å²) in [4.78, 5) is 25.5. The van der Waals surface area contributed by atoms with Gasteiger partial charge < -0.3 is 15.0 Å². The molecule has 3 aromatic rings. The van der Waals surface area contributed by atoms with E-state index in [1.54, 1.807) is 19.2 Å². The first-order chi connectivity index (χ1) is 12.1. The van der Waals surface area contributed by atoms with E-state index in [9.17, 15) is 9.59 Å². The summed E-state index contributed by atoms with van der Waals surface area (Å²) in [5, 5.41) is 3.91. The standard InChI is InChI=1S/C20H20N2O3/c1-13(24)21-10-9-17-18-11-16(25-2)7-8-19(18)22-20(17)15-5-3-14(12-23)4-6-15/h3-8,11-12,22H,9-10H2,1-2H3,(H,21,24). The van der Waals surface area contributed by atoms with E-state index >= 15 is 0 Å². The van der Waals surface area contributed by atoms with Gasteiger partial charge in [0.15, 0.2) is 0 Å². The number of nitrogens with one attached hydrogen (secondary N) is 2. The number of methoxy groups -OCH3 is 1. The van der Waals surface area contributed by atoms with Crippen molar-refractivity contribution < 1.29 is 14.3 Å². The third kappa shape index (κ3) is 3.55. The van der Waals surface area contributed by atoms with Gasteiger partial charge in [-0.2, -0.15) is 0 Å². The third-order valence-corrected chi connectivity index (χ3v) is 4.20. The lowest BCUT2D eigenvalue weighted by atomic mass is 10.0. The van der Waals surface area contributed by atoms with Crippen molar-refractivity contribution in [2.24, 2.45) is 0 Å². The molecule has 1 aromatic heterocycles. The number of aromatic amines is 1. The van der Waals surface area contributed by atoms with Crippen molar-refractivity contribution in [1.29, 1.82) is 0 Å². The maximum Gasteiger partial charge on any atom is 0.216 e. The fraction of sp³-hybridized carbons (Fsp3) is 0.200. The second-order valence-corrected chi connectivity index (χ2v) is 5.86. The molecule has 0 saturated heterocycles. The SMILES string of the molecule is COc1ccc2[nH]c(-c3ccc(C=O)cc3)c(CCNC(C)=O)c2c1. The number of carbonyl (C=O) groups excluding carboxylic acids is 2. The lowest BCUT2D eigenvalue weighted by Gasteiger charge is -2.07. The monoisotopic (exact) mass is 336 g/mol. The first-order valence-electron chi connectivity index (χ1n) is 8.11. The molecule has 25 heavy (non-hydrogen) atoms. The number of fused-ring (bicyclic) bond motifs is 1. The van der Waals surface area contributed by atoms with Crippen molar-refractivity contribution >= 4 is 23.1 Å². The largest absolute Gasteiger partial charge is 0.497 e. The van der Waals surface area contributed by atoms with E-state index in [1.807, 2.05) is 30.3 Å². The summed E-state index contributed by atoms with van der Waals surface area (Å²) in [7, 11) is 1.64. The summed E-state index contributed by atoms with van der Waals surface area (Å²) in [6.45, 7) is 2.07. The number of hydrogen-bond donors (Lipinski definition) is 2. The summed E-state index contributed by atoms with van der Waals surface area (Å²) in [5.41, 5.74) is 4.75. The van der Waals surface area contributed by atoms with Crippen LogP contribution in [0.2, 0.25) is 0 Å². The van der Waals surface area contributed by atoms with Crippen LogP contribution in [0.3, 0.4) is 0 Å². The van der Waals surface area contributed by atoms with E-state index in [-0.39, 0.29) is 5.91 Å². The minimum Gasteiger partial charge on any atom is -0.497 e. The molecular formula is C20H20N2O3. The van der Waals surface area contributed by atoms with Gasteiger partial charge in [-0.05, 0) is 35.7 Å². The van der Waals surface area contributed by atoms with Crippen LogP contribution in [0.15, 0.2) is 42.5 Å². The topological polar surface area (TPSA) is 71.2 Å². The number of rotatable bonds is 6. The van der Waals surface area contributed by atoms with Crippen LogP contribution in [0, 0.1) is 0 Å². The molecular weight excluding hydrogens is 316 g/mol. The molecule has 0 aliphatic heterocycles. The average molecular weight is 336 g/mol. The van der Waals surface area contributed by atoms with E-state index in [0.29, 0.717) is 18.5 Å². The number of H-pyrrole nitrogens is 1. The second-order valence-electron chi connectivity index (χ2n) is 5.86. The quantitative estimate of drug-likeness (QED) is 0.678. The van der Waals surface area contributed by atoms with E-state index in [4.69, 9.17) is 4.74 Å². The Balaban J connectivity index is 2.07. The van der Waals surface area contributed by atoms with E-state index in [2.05, 4.69) is 10.3 Å². The van der Waals surface area contributed by atoms with Crippen LogP contribution in [0.25, 0.3) is 22.2 Å². The molecule has 0 aliphatic rings. The van der Waals surface area contributed by atoms with Crippen molar-refractivity contribution in [3.05, 3.63) is 53.6 Å². The third-order valence-electron chi connectivity index (χ3n) is 4.20. The highest BCUT2D eigenvalue weighted by Gasteiger charge is 2.14. The molecule has 0 fully saturated rings. The number of aromatic nitrogens is 1. The number of aldehydes is 1. The number of amides is 1. The molecule has 0 saturated carbocycles. The van der Waals surface area contributed by atoms with Gasteiger partial charge >= 0.3 is 0 Å². The molecule has 0 spiro atoms. The Morgan fingerprint density at radius 3 is 2.60 bits per heavy atom. The summed E-state index contributed by atoms with van der Waals surface area (Å²) < 4.78 is 5.34. The lowest BCUT2D eigenvalue weighted by Crippen LogP contribution is -2.22. The molecule has 0 radical (unpaired) electrons. The molecule has 0 unspecified atom stereocenters. The second kappa shape index (κ2) is 7.21. The minimum atomic E-state index is -0.0469. The molecule has 0 aliphatic carbocycles. The van der Waals surface area contributed by atoms with Crippen molar-refractivity contribution in [2.45, 2.75) is 13.3 Å². The molecule has 1 heterocycles. The van der Waals surface area contributed by atoms with Gasteiger partial charge in [-0.3, -0.25) is 9.59 Å². The molecule has 3 rings (SSSR count). The van der Waals surface area contributed by atoms with Gasteiger partial charge in [0.2, 0.25) is 5.91 Å². The van der Waals surface area contributed by atoms with Gasteiger partial charge in [0, 0.05) is 35.6 Å². The molecule has 5 heteroatoms. The van der Waals surface area contributed by atoms with Gasteiger partial charge in [-0.25, -0.2) is 0 Å². The number of ether oxygens (including phenoxy) is 1. The molecule has 0 atom stereocenters. The Morgan fingerprint density at radius 1 is 1.20 bits per heavy atom. The van der Waals surface area contributed by atoms with Crippen LogP contribution in [-0.4, -0.2) is 30.8 Å². The van der Waals surface area contributed by atoms with E-state index in [1.165, 1.54) is 6.92 Å². The van der Waals surface area contributed by atoms with Crippen LogP contribution in [0.4, 0.5) is 0 Å². The highest BCUT2D eigenvalue weighted by molar-refractivity contribution is 5.92. The zero-order valence-corrected chi connectivity index (χ0v) is 14.3. The van der Waals surface area contributed by atoms with Crippen LogP contribution in [0.5, 0.6) is 5.75 Å². The number of carbonyl (C=O) groups is 2. The Hall–Kier alpha value is -3.08. The maximum atomic E-state index is 11.2. The summed E-state index contributed by atoms with van der Waals surface area (Å²) in [5.74, 6) is 0.740. The van der Waals surface area contributed by atoms with Gasteiger partial charge in [-0.15, -0.1) is 0 Å². The molecule has 128 valence electrons. The van der Waals surface area contributed by atoms with Crippen LogP contribution in [-0.2, 0) is 11.2 Å². The smallest absolute Gasteiger partial charge is 0.216 e. The predicted molar refractivity (Wildman–Crippen MR) is 98.1 cm³/mol. The summed E-state index contributed by atoms with van der Waals surface area (Å²) >= 11 is 0. The fourth-order valence-corrected chi connectivity index (χ4v) is 2.95. The van der Waals surface area contributed by atoms with E-state index < -0.39 is 0 Å². The minimum absolute atomic E-state index is 0.0469. The Bertz CT molecular complexity index is 911. The molecule has 2 N–H and O–H groups in total. The Morgan fingerprint density at radius 2 is 1.96 bits per heavy atom. The van der Waals surface area contributed by atoms with Gasteiger partial charge in [0.1, 0.15) is 12.0 Å². The van der Waals surface area contributed by atoms with Crippen molar-refractivity contribution in [3.8, 4) is 17.0 Å². The van der Waals surface area contributed by atoms with Crippen LogP contribution in [0.1, 0.15) is 22.8 Å². The number of hydrogen-bond acceptors (Lipinski definition) is 3. The van der Waals surface area contributed by atoms with Crippen LogP contribution < -0.4 is 10.1 Å². The van der Waals surface area contributed by atoms with Crippen molar-refractivity contribution in [1.82, 2.24) is 10.3 Å². The van der Waals surface area contributed by atoms with Crippen molar-refractivity contribution in [2.75, 3.05) is 13.7 Å². The first-order valence-corrected chi connectivity index (χ1v) is 8.11. The fourth-order valence-electron chi connectivity index (χ4n) is 2.95. The number of benzene rings is 2. The summed E-state index contributed by atoms with van der Waals surface area (Å²) in [6, 6.07) is 13.3. The zero-order chi connectivity index (χ0) is 17.8. The molecule has 1 amide bonds. The summed E-state index contributed by atoms with van der Waals surface area (Å²) in [6.07, 6.45) is 1.52. The molecule has 2 aromatic carbocycles. The zero-order valence-electron chi connectivity index (χ0n) is 14.3. The van der Waals surface area contributed by atoms with E-state index in [0.717, 1.165) is 39.8 Å². The highest BCUT2D eigenvalue weighted by atomic mass is 16.5.